The first-order valence-corrected chi connectivity index (χ1v) is 6.42. The van der Waals surface area contributed by atoms with Crippen molar-refractivity contribution < 1.29 is 13.5 Å². The molecule has 0 aromatic heterocycles. The number of nitrogens with one attached hydrogen (secondary N) is 1. The highest BCUT2D eigenvalue weighted by Gasteiger charge is 2.21. The Morgan fingerprint density at radius 2 is 2.28 bits per heavy atom. The SMILES string of the molecule is COc1c(CC2CCCNC2)cc(F)c(Cl)c1F. The van der Waals surface area contributed by atoms with E-state index in [0.29, 0.717) is 17.9 Å². The van der Waals surface area contributed by atoms with E-state index in [4.69, 9.17) is 16.3 Å². The summed E-state index contributed by atoms with van der Waals surface area (Å²) in [6, 6.07) is 1.28. The van der Waals surface area contributed by atoms with Crippen LogP contribution in [0.1, 0.15) is 18.4 Å². The Bertz CT molecular complexity index is 433. The largest absolute Gasteiger partial charge is 0.493 e. The molecule has 1 aliphatic heterocycles. The Balaban J connectivity index is 2.25. The van der Waals surface area contributed by atoms with Crippen LogP contribution >= 0.6 is 11.6 Å². The summed E-state index contributed by atoms with van der Waals surface area (Å²) < 4.78 is 32.2. The van der Waals surface area contributed by atoms with E-state index in [0.717, 1.165) is 25.9 Å². The fourth-order valence-electron chi connectivity index (χ4n) is 2.41. The number of rotatable bonds is 3. The highest BCUT2D eigenvalue weighted by molar-refractivity contribution is 6.31. The summed E-state index contributed by atoms with van der Waals surface area (Å²) in [5.74, 6) is -1.09. The van der Waals surface area contributed by atoms with Crippen molar-refractivity contribution in [1.29, 1.82) is 0 Å². The van der Waals surface area contributed by atoms with Crippen LogP contribution in [0.3, 0.4) is 0 Å². The first kappa shape index (κ1) is 13.6. The zero-order valence-corrected chi connectivity index (χ0v) is 11.0. The summed E-state index contributed by atoms with van der Waals surface area (Å²) in [5.41, 5.74) is 0.547. The molecule has 1 aromatic carbocycles. The van der Waals surface area contributed by atoms with Gasteiger partial charge in [-0.2, -0.15) is 0 Å². The van der Waals surface area contributed by atoms with Crippen LogP contribution in [-0.2, 0) is 6.42 Å². The van der Waals surface area contributed by atoms with Crippen molar-refractivity contribution in [2.45, 2.75) is 19.3 Å². The minimum atomic E-state index is -0.807. The van der Waals surface area contributed by atoms with Crippen LogP contribution in [0.25, 0.3) is 0 Å². The summed E-state index contributed by atoms with van der Waals surface area (Å²) in [6.07, 6.45) is 2.74. The predicted octanol–water partition coefficient (Wildman–Crippen LogP) is 3.17. The van der Waals surface area contributed by atoms with Crippen LogP contribution in [0, 0.1) is 17.6 Å². The second kappa shape index (κ2) is 5.85. The van der Waals surface area contributed by atoms with Gasteiger partial charge in [0.2, 0.25) is 0 Å². The number of piperidine rings is 1. The molecular weight excluding hydrogens is 260 g/mol. The number of methoxy groups -OCH3 is 1. The molecule has 1 fully saturated rings. The van der Waals surface area contributed by atoms with Gasteiger partial charge in [-0.05, 0) is 44.3 Å². The highest BCUT2D eigenvalue weighted by Crippen LogP contribution is 2.33. The summed E-state index contributed by atoms with van der Waals surface area (Å²) in [6.45, 7) is 1.88. The molecule has 0 bridgehead atoms. The van der Waals surface area contributed by atoms with Gasteiger partial charge >= 0.3 is 0 Å². The molecule has 1 heterocycles. The zero-order chi connectivity index (χ0) is 13.1. The quantitative estimate of drug-likeness (QED) is 0.856. The molecule has 0 amide bonds. The summed E-state index contributed by atoms with van der Waals surface area (Å²) in [7, 11) is 1.37. The molecule has 0 aliphatic carbocycles. The summed E-state index contributed by atoms with van der Waals surface area (Å²) in [4.78, 5) is 0. The topological polar surface area (TPSA) is 21.3 Å². The second-order valence-electron chi connectivity index (χ2n) is 4.60. The van der Waals surface area contributed by atoms with E-state index in [1.165, 1.54) is 13.2 Å². The Labute approximate surface area is 110 Å². The lowest BCUT2D eigenvalue weighted by Gasteiger charge is -2.23. The van der Waals surface area contributed by atoms with Crippen molar-refractivity contribution >= 4 is 11.6 Å². The van der Waals surface area contributed by atoms with E-state index in [1.807, 2.05) is 0 Å². The van der Waals surface area contributed by atoms with E-state index in [1.54, 1.807) is 0 Å². The normalized spacial score (nSPS) is 19.9. The average molecular weight is 276 g/mol. The van der Waals surface area contributed by atoms with E-state index in [9.17, 15) is 8.78 Å². The van der Waals surface area contributed by atoms with Gasteiger partial charge in [-0.1, -0.05) is 11.6 Å². The lowest BCUT2D eigenvalue weighted by Crippen LogP contribution is -2.31. The molecule has 0 spiro atoms. The number of ether oxygens (including phenoxy) is 1. The maximum absolute atomic E-state index is 13.8. The fraction of sp³-hybridized carbons (Fsp3) is 0.538. The van der Waals surface area contributed by atoms with Crippen LogP contribution in [0.5, 0.6) is 5.75 Å². The smallest absolute Gasteiger partial charge is 0.186 e. The first-order valence-electron chi connectivity index (χ1n) is 6.04. The monoisotopic (exact) mass is 275 g/mol. The van der Waals surface area contributed by atoms with Crippen LogP contribution in [0.4, 0.5) is 8.78 Å². The molecule has 1 aliphatic rings. The lowest BCUT2D eigenvalue weighted by atomic mass is 9.92. The fourth-order valence-corrected chi connectivity index (χ4v) is 2.55. The molecule has 1 aromatic rings. The second-order valence-corrected chi connectivity index (χ2v) is 4.97. The van der Waals surface area contributed by atoms with Crippen molar-refractivity contribution in [3.05, 3.63) is 28.3 Å². The molecule has 1 saturated heterocycles. The Kier molecular flexibility index (Phi) is 4.40. The van der Waals surface area contributed by atoms with Gasteiger partial charge in [-0.3, -0.25) is 0 Å². The van der Waals surface area contributed by atoms with Gasteiger partial charge in [-0.25, -0.2) is 8.78 Å². The Morgan fingerprint density at radius 1 is 1.50 bits per heavy atom. The molecule has 1 atom stereocenters. The molecular formula is C13H16ClF2NO. The molecule has 0 radical (unpaired) electrons. The Morgan fingerprint density at radius 3 is 2.89 bits per heavy atom. The summed E-state index contributed by atoms with van der Waals surface area (Å²) >= 11 is 5.53. The van der Waals surface area contributed by atoms with Gasteiger partial charge in [0.15, 0.2) is 11.6 Å². The average Bonchev–Trinajstić information content (AvgIpc) is 2.38. The molecule has 1 unspecified atom stereocenters. The van der Waals surface area contributed by atoms with E-state index in [2.05, 4.69) is 5.32 Å². The van der Waals surface area contributed by atoms with Crippen LogP contribution in [-0.4, -0.2) is 20.2 Å². The minimum Gasteiger partial charge on any atom is -0.493 e. The van der Waals surface area contributed by atoms with E-state index < -0.39 is 16.7 Å². The molecule has 2 nitrogen and oxygen atoms in total. The van der Waals surface area contributed by atoms with Crippen LogP contribution in [0.15, 0.2) is 6.07 Å². The third-order valence-corrected chi connectivity index (χ3v) is 3.65. The molecule has 1 N–H and O–H groups in total. The van der Waals surface area contributed by atoms with Crippen molar-refractivity contribution in [3.8, 4) is 5.75 Å². The minimum absolute atomic E-state index is 0.0620. The van der Waals surface area contributed by atoms with Gasteiger partial charge in [-0.15, -0.1) is 0 Å². The number of halogens is 3. The molecule has 18 heavy (non-hydrogen) atoms. The molecule has 0 saturated carbocycles. The summed E-state index contributed by atoms with van der Waals surface area (Å²) in [5, 5.41) is 2.78. The van der Waals surface area contributed by atoms with Crippen LogP contribution < -0.4 is 10.1 Å². The third-order valence-electron chi connectivity index (χ3n) is 3.31. The van der Waals surface area contributed by atoms with Gasteiger partial charge in [0.25, 0.3) is 0 Å². The maximum Gasteiger partial charge on any atom is 0.186 e. The van der Waals surface area contributed by atoms with Crippen molar-refractivity contribution in [2.24, 2.45) is 5.92 Å². The number of benzene rings is 1. The van der Waals surface area contributed by atoms with Crippen LogP contribution in [0.2, 0.25) is 5.02 Å². The third kappa shape index (κ3) is 2.75. The van der Waals surface area contributed by atoms with E-state index >= 15 is 0 Å². The predicted molar refractivity (Wildman–Crippen MR) is 67.2 cm³/mol. The maximum atomic E-state index is 13.8. The van der Waals surface area contributed by atoms with Gasteiger partial charge in [0.05, 0.1) is 7.11 Å². The van der Waals surface area contributed by atoms with Crippen molar-refractivity contribution in [2.75, 3.05) is 20.2 Å². The first-order chi connectivity index (χ1) is 8.63. The van der Waals surface area contributed by atoms with Gasteiger partial charge in [0, 0.05) is 5.56 Å². The molecule has 100 valence electrons. The van der Waals surface area contributed by atoms with E-state index in [-0.39, 0.29) is 5.75 Å². The molecule has 2 rings (SSSR count). The van der Waals surface area contributed by atoms with Crippen molar-refractivity contribution in [1.82, 2.24) is 5.32 Å². The van der Waals surface area contributed by atoms with Crippen molar-refractivity contribution in [3.63, 3.8) is 0 Å². The standard InChI is InChI=1S/C13H16ClF2NO/c1-18-13-9(5-8-3-2-4-17-7-8)6-10(15)11(14)12(13)16/h6,8,17H,2-5,7H2,1H3. The number of hydrogen-bond donors (Lipinski definition) is 1. The molecule has 5 heteroatoms. The van der Waals surface area contributed by atoms with Gasteiger partial charge < -0.3 is 10.1 Å². The number of hydrogen-bond acceptors (Lipinski definition) is 2. The zero-order valence-electron chi connectivity index (χ0n) is 10.2. The lowest BCUT2D eigenvalue weighted by molar-refractivity contribution is 0.352. The Hall–Kier alpha value is -0.870. The van der Waals surface area contributed by atoms with Gasteiger partial charge in [0.1, 0.15) is 10.8 Å². The highest BCUT2D eigenvalue weighted by atomic mass is 35.5.